The highest BCUT2D eigenvalue weighted by Crippen LogP contribution is 2.21. The molecule has 1 heterocycles. The first-order valence-corrected chi connectivity index (χ1v) is 7.15. The number of amides is 1. The van der Waals surface area contributed by atoms with Gasteiger partial charge in [0, 0.05) is 12.0 Å². The van der Waals surface area contributed by atoms with Crippen molar-refractivity contribution in [3.8, 4) is 11.4 Å². The van der Waals surface area contributed by atoms with Crippen molar-refractivity contribution in [1.29, 1.82) is 0 Å². The van der Waals surface area contributed by atoms with Crippen LogP contribution in [0.1, 0.15) is 17.5 Å². The summed E-state index contributed by atoms with van der Waals surface area (Å²) < 4.78 is 5.27. The molecule has 0 saturated heterocycles. The van der Waals surface area contributed by atoms with E-state index in [1.807, 2.05) is 60.7 Å². The molecule has 1 unspecified atom stereocenters. The first kappa shape index (κ1) is 14.8. The summed E-state index contributed by atoms with van der Waals surface area (Å²) in [6.07, 6.45) is -0.700. The Labute approximate surface area is 132 Å². The Morgan fingerprint density at radius 2 is 1.74 bits per heavy atom. The largest absolute Gasteiger partial charge is 0.465 e. The van der Waals surface area contributed by atoms with E-state index in [9.17, 15) is 4.79 Å². The van der Waals surface area contributed by atoms with Gasteiger partial charge < -0.3 is 14.9 Å². The van der Waals surface area contributed by atoms with E-state index < -0.39 is 12.1 Å². The van der Waals surface area contributed by atoms with Gasteiger partial charge in [0.2, 0.25) is 11.7 Å². The fourth-order valence-electron chi connectivity index (χ4n) is 2.28. The molecule has 0 aliphatic carbocycles. The van der Waals surface area contributed by atoms with Crippen molar-refractivity contribution in [1.82, 2.24) is 15.5 Å². The molecule has 3 rings (SSSR count). The van der Waals surface area contributed by atoms with Crippen LogP contribution in [0.25, 0.3) is 11.4 Å². The Bertz CT molecular complexity index is 772. The van der Waals surface area contributed by atoms with Gasteiger partial charge in [-0.15, -0.1) is 0 Å². The molecule has 23 heavy (non-hydrogen) atoms. The molecule has 1 aromatic heterocycles. The molecule has 0 aliphatic rings. The summed E-state index contributed by atoms with van der Waals surface area (Å²) >= 11 is 0. The van der Waals surface area contributed by atoms with Crippen LogP contribution in [0.5, 0.6) is 0 Å². The number of benzene rings is 2. The molecule has 3 aromatic rings. The highest BCUT2D eigenvalue weighted by Gasteiger charge is 2.22. The molecule has 6 heteroatoms. The molecule has 2 N–H and O–H groups in total. The van der Waals surface area contributed by atoms with Gasteiger partial charge in [-0.25, -0.2) is 4.79 Å². The van der Waals surface area contributed by atoms with E-state index in [1.165, 1.54) is 0 Å². The second-order valence-corrected chi connectivity index (χ2v) is 5.01. The minimum atomic E-state index is -1.13. The maximum absolute atomic E-state index is 11.0. The molecule has 0 radical (unpaired) electrons. The lowest BCUT2D eigenvalue weighted by atomic mass is 10.1. The number of nitrogens with one attached hydrogen (secondary N) is 1. The average molecular weight is 309 g/mol. The second kappa shape index (κ2) is 6.74. The number of carbonyl (C=O) groups is 1. The second-order valence-electron chi connectivity index (χ2n) is 5.01. The average Bonchev–Trinajstić information content (AvgIpc) is 3.06. The normalized spacial score (nSPS) is 11.8. The lowest BCUT2D eigenvalue weighted by Gasteiger charge is -2.12. The number of aromatic nitrogens is 2. The third-order valence-electron chi connectivity index (χ3n) is 3.35. The van der Waals surface area contributed by atoms with Gasteiger partial charge in [0.05, 0.1) is 0 Å². The molecule has 1 atom stereocenters. The third-order valence-corrected chi connectivity index (χ3v) is 3.35. The predicted molar refractivity (Wildman–Crippen MR) is 83.8 cm³/mol. The molecular formula is C17H15N3O3. The zero-order chi connectivity index (χ0) is 16.1. The van der Waals surface area contributed by atoms with Crippen LogP contribution >= 0.6 is 0 Å². The van der Waals surface area contributed by atoms with E-state index in [1.54, 1.807) is 0 Å². The molecule has 0 saturated carbocycles. The van der Waals surface area contributed by atoms with Crippen LogP contribution in [-0.4, -0.2) is 21.3 Å². The highest BCUT2D eigenvalue weighted by atomic mass is 16.5. The van der Waals surface area contributed by atoms with Crippen LogP contribution in [0, 0.1) is 0 Å². The van der Waals surface area contributed by atoms with E-state index in [2.05, 4.69) is 15.5 Å². The summed E-state index contributed by atoms with van der Waals surface area (Å²) in [7, 11) is 0. The van der Waals surface area contributed by atoms with Gasteiger partial charge >= 0.3 is 6.09 Å². The van der Waals surface area contributed by atoms with Gasteiger partial charge in [0.1, 0.15) is 6.04 Å². The van der Waals surface area contributed by atoms with E-state index >= 15 is 0 Å². The van der Waals surface area contributed by atoms with Crippen LogP contribution in [-0.2, 0) is 6.42 Å². The Hall–Kier alpha value is -3.15. The minimum absolute atomic E-state index is 0.245. The van der Waals surface area contributed by atoms with E-state index in [0.29, 0.717) is 12.2 Å². The van der Waals surface area contributed by atoms with Gasteiger partial charge in [0.25, 0.3) is 0 Å². The van der Waals surface area contributed by atoms with Gasteiger partial charge in [-0.3, -0.25) is 0 Å². The van der Waals surface area contributed by atoms with Crippen LogP contribution in [0.15, 0.2) is 65.2 Å². The van der Waals surface area contributed by atoms with E-state index in [4.69, 9.17) is 9.63 Å². The van der Waals surface area contributed by atoms with Gasteiger partial charge in [-0.2, -0.15) is 4.98 Å². The first-order valence-electron chi connectivity index (χ1n) is 7.15. The number of carboxylic acid groups (broad SMARTS) is 1. The quantitative estimate of drug-likeness (QED) is 0.755. The lowest BCUT2D eigenvalue weighted by Crippen LogP contribution is -2.28. The van der Waals surface area contributed by atoms with Crippen molar-refractivity contribution in [2.24, 2.45) is 0 Å². The highest BCUT2D eigenvalue weighted by molar-refractivity contribution is 5.65. The third kappa shape index (κ3) is 3.74. The molecule has 1 amide bonds. The SMILES string of the molecule is O=C(O)NC(Cc1ccccc1)c1nc(-c2ccccc2)no1. The maximum atomic E-state index is 11.0. The van der Waals surface area contributed by atoms with Crippen molar-refractivity contribution in [2.75, 3.05) is 0 Å². The number of hydrogen-bond donors (Lipinski definition) is 2. The first-order chi connectivity index (χ1) is 11.2. The van der Waals surface area contributed by atoms with Crippen LogP contribution in [0.3, 0.4) is 0 Å². The summed E-state index contributed by atoms with van der Waals surface area (Å²) in [6.45, 7) is 0. The molecular weight excluding hydrogens is 294 g/mol. The van der Waals surface area contributed by atoms with Gasteiger partial charge in [0.15, 0.2) is 0 Å². The predicted octanol–water partition coefficient (Wildman–Crippen LogP) is 3.29. The monoisotopic (exact) mass is 309 g/mol. The fourth-order valence-corrected chi connectivity index (χ4v) is 2.28. The van der Waals surface area contributed by atoms with Crippen molar-refractivity contribution in [2.45, 2.75) is 12.5 Å². The van der Waals surface area contributed by atoms with E-state index in [-0.39, 0.29) is 5.89 Å². The molecule has 0 bridgehead atoms. The summed E-state index contributed by atoms with van der Waals surface area (Å²) in [4.78, 5) is 15.4. The Morgan fingerprint density at radius 3 is 2.39 bits per heavy atom. The van der Waals surface area contributed by atoms with Crippen molar-refractivity contribution < 1.29 is 14.4 Å². The Kier molecular flexibility index (Phi) is 4.33. The zero-order valence-corrected chi connectivity index (χ0v) is 12.2. The topological polar surface area (TPSA) is 88.2 Å². The van der Waals surface area contributed by atoms with Crippen LogP contribution in [0.2, 0.25) is 0 Å². The molecule has 0 aliphatic heterocycles. The van der Waals surface area contributed by atoms with Gasteiger partial charge in [-0.05, 0) is 5.56 Å². The summed E-state index contributed by atoms with van der Waals surface area (Å²) in [5.41, 5.74) is 1.79. The molecule has 0 spiro atoms. The summed E-state index contributed by atoms with van der Waals surface area (Å²) in [6, 6.07) is 18.3. The smallest absolute Gasteiger partial charge is 0.405 e. The number of hydrogen-bond acceptors (Lipinski definition) is 4. The molecule has 116 valence electrons. The molecule has 2 aromatic carbocycles. The maximum Gasteiger partial charge on any atom is 0.405 e. The Balaban J connectivity index is 1.85. The molecule has 0 fully saturated rings. The molecule has 6 nitrogen and oxygen atoms in total. The standard InChI is InChI=1S/C17H15N3O3/c21-17(22)18-14(11-12-7-3-1-4-8-12)16-19-15(20-23-16)13-9-5-2-6-10-13/h1-10,14,18H,11H2,(H,21,22). The van der Waals surface area contributed by atoms with Gasteiger partial charge in [-0.1, -0.05) is 65.8 Å². The van der Waals surface area contributed by atoms with Crippen molar-refractivity contribution in [3.63, 3.8) is 0 Å². The van der Waals surface area contributed by atoms with Crippen molar-refractivity contribution in [3.05, 3.63) is 72.1 Å². The van der Waals surface area contributed by atoms with Crippen LogP contribution in [0.4, 0.5) is 4.79 Å². The zero-order valence-electron chi connectivity index (χ0n) is 12.2. The summed E-state index contributed by atoms with van der Waals surface area (Å²) in [5, 5.41) is 15.4. The number of rotatable bonds is 5. The summed E-state index contributed by atoms with van der Waals surface area (Å²) in [5.74, 6) is 0.681. The Morgan fingerprint density at radius 1 is 1.09 bits per heavy atom. The lowest BCUT2D eigenvalue weighted by molar-refractivity contribution is 0.186. The van der Waals surface area contributed by atoms with Crippen molar-refractivity contribution >= 4 is 6.09 Å². The minimum Gasteiger partial charge on any atom is -0.465 e. The van der Waals surface area contributed by atoms with E-state index in [0.717, 1.165) is 11.1 Å². The fraction of sp³-hybridized carbons (Fsp3) is 0.118. The van der Waals surface area contributed by atoms with Crippen LogP contribution < -0.4 is 5.32 Å². The number of nitrogens with zero attached hydrogens (tertiary/aromatic N) is 2.